The van der Waals surface area contributed by atoms with Gasteiger partial charge in [-0.25, -0.2) is 0 Å². The van der Waals surface area contributed by atoms with E-state index in [1.165, 1.54) is 24.7 Å². The van der Waals surface area contributed by atoms with Gasteiger partial charge in [0, 0.05) is 36.0 Å². The van der Waals surface area contributed by atoms with Crippen molar-refractivity contribution in [2.45, 2.75) is 51.6 Å². The van der Waals surface area contributed by atoms with Crippen molar-refractivity contribution in [3.8, 4) is 11.4 Å². The Bertz CT molecular complexity index is 1080. The Hall–Kier alpha value is -2.71. The summed E-state index contributed by atoms with van der Waals surface area (Å²) in [6.07, 6.45) is 4.42. The maximum Gasteiger partial charge on any atom is 0.226 e. The summed E-state index contributed by atoms with van der Waals surface area (Å²) in [7, 11) is 0. The number of nitrogens with zero attached hydrogens (tertiary/aromatic N) is 3. The molecule has 0 radical (unpaired) electrons. The summed E-state index contributed by atoms with van der Waals surface area (Å²) in [5.74, 6) is 1.34. The minimum absolute atomic E-state index is 0.137. The van der Waals surface area contributed by atoms with Crippen molar-refractivity contribution < 1.29 is 9.59 Å². The molecule has 1 aromatic carbocycles. The first-order valence-corrected chi connectivity index (χ1v) is 11.6. The van der Waals surface area contributed by atoms with E-state index in [-0.39, 0.29) is 24.3 Å². The summed E-state index contributed by atoms with van der Waals surface area (Å²) in [4.78, 5) is 25.3. The van der Waals surface area contributed by atoms with Crippen LogP contribution in [0.4, 0.5) is 5.69 Å². The van der Waals surface area contributed by atoms with E-state index in [2.05, 4.69) is 25.4 Å². The maximum absolute atomic E-state index is 12.7. The Morgan fingerprint density at radius 1 is 1.23 bits per heavy atom. The summed E-state index contributed by atoms with van der Waals surface area (Å²) < 4.78 is 2.13. The van der Waals surface area contributed by atoms with Gasteiger partial charge in [0.05, 0.1) is 17.5 Å². The molecule has 4 rings (SSSR count). The molecule has 3 heterocycles. The van der Waals surface area contributed by atoms with E-state index in [1.54, 1.807) is 12.1 Å². The lowest BCUT2D eigenvalue weighted by Gasteiger charge is -2.16. The molecular formula is C22H24ClN5O2S. The van der Waals surface area contributed by atoms with E-state index in [1.807, 2.05) is 23.6 Å². The van der Waals surface area contributed by atoms with E-state index >= 15 is 0 Å². The highest BCUT2D eigenvalue weighted by Crippen LogP contribution is 2.31. The number of rotatable bonds is 6. The molecule has 1 aliphatic heterocycles. The topological polar surface area (TPSA) is 88.9 Å². The van der Waals surface area contributed by atoms with Gasteiger partial charge in [0.2, 0.25) is 11.8 Å². The van der Waals surface area contributed by atoms with Crippen LogP contribution in [0.3, 0.4) is 0 Å². The second kappa shape index (κ2) is 9.62. The number of carbonyl (C=O) groups excluding carboxylic acids is 2. The lowest BCUT2D eigenvalue weighted by Crippen LogP contribution is -2.29. The number of anilines is 1. The van der Waals surface area contributed by atoms with Gasteiger partial charge in [-0.05, 0) is 42.5 Å². The molecular weight excluding hydrogens is 434 g/mol. The second-order valence-corrected chi connectivity index (χ2v) is 9.00. The van der Waals surface area contributed by atoms with Crippen LogP contribution >= 0.6 is 22.9 Å². The van der Waals surface area contributed by atoms with E-state index in [0.717, 1.165) is 47.9 Å². The van der Waals surface area contributed by atoms with Gasteiger partial charge in [-0.15, -0.1) is 21.5 Å². The number of hydrogen-bond donors (Lipinski definition) is 2. The number of aryl methyl sites for hydroxylation is 1. The first kappa shape index (κ1) is 21.5. The van der Waals surface area contributed by atoms with Gasteiger partial charge in [-0.3, -0.25) is 9.59 Å². The lowest BCUT2D eigenvalue weighted by atomic mass is 10.1. The quantitative estimate of drug-likeness (QED) is 0.566. The van der Waals surface area contributed by atoms with Crippen molar-refractivity contribution in [1.82, 2.24) is 20.1 Å². The van der Waals surface area contributed by atoms with Crippen molar-refractivity contribution in [3.63, 3.8) is 0 Å². The number of nitrogens with one attached hydrogen (secondary N) is 2. The maximum atomic E-state index is 12.7. The van der Waals surface area contributed by atoms with E-state index in [4.69, 9.17) is 11.6 Å². The largest absolute Gasteiger partial charge is 0.348 e. The average Bonchev–Trinajstić information content (AvgIpc) is 3.34. The number of aromatic nitrogens is 3. The van der Waals surface area contributed by atoms with Crippen LogP contribution in [0.15, 0.2) is 35.7 Å². The molecule has 0 saturated heterocycles. The number of thiophene rings is 1. The monoisotopic (exact) mass is 457 g/mol. The fourth-order valence-corrected chi connectivity index (χ4v) is 4.79. The van der Waals surface area contributed by atoms with E-state index in [0.29, 0.717) is 10.7 Å². The van der Waals surface area contributed by atoms with Gasteiger partial charge in [0.15, 0.2) is 5.82 Å². The molecule has 1 unspecified atom stereocenters. The first-order valence-electron chi connectivity index (χ1n) is 10.3. The van der Waals surface area contributed by atoms with Crippen LogP contribution in [-0.4, -0.2) is 26.6 Å². The third-order valence-electron chi connectivity index (χ3n) is 5.25. The second-order valence-electron chi connectivity index (χ2n) is 7.62. The minimum atomic E-state index is -0.364. The number of fused-ring (bicyclic) bond motifs is 1. The van der Waals surface area contributed by atoms with Gasteiger partial charge in [0.25, 0.3) is 0 Å². The number of hydrogen-bond acceptors (Lipinski definition) is 5. The third kappa shape index (κ3) is 5.14. The van der Waals surface area contributed by atoms with Crippen molar-refractivity contribution in [1.29, 1.82) is 0 Å². The van der Waals surface area contributed by atoms with Crippen LogP contribution < -0.4 is 10.6 Å². The van der Waals surface area contributed by atoms with Gasteiger partial charge in [-0.1, -0.05) is 24.1 Å². The van der Waals surface area contributed by atoms with E-state index in [9.17, 15) is 9.59 Å². The van der Waals surface area contributed by atoms with Crippen LogP contribution in [-0.2, 0) is 22.6 Å². The zero-order valence-corrected chi connectivity index (χ0v) is 18.8. The molecule has 2 amide bonds. The molecule has 31 heavy (non-hydrogen) atoms. The van der Waals surface area contributed by atoms with Gasteiger partial charge < -0.3 is 15.2 Å². The molecule has 0 fully saturated rings. The number of amides is 2. The highest BCUT2D eigenvalue weighted by atomic mass is 35.5. The highest BCUT2D eigenvalue weighted by molar-refractivity contribution is 7.10. The smallest absolute Gasteiger partial charge is 0.226 e. The molecule has 2 aromatic heterocycles. The standard InChI is InChI=1S/C22H24ClN5O2S/c1-14(29)24-18(19-6-5-11-31-19)13-21(30)25-15-8-9-17(23)16(12-15)22-27-26-20-7-3-2-4-10-28(20)22/h5-6,8-9,11-12,18H,2-4,7,10,13H2,1H3,(H,24,29)(H,25,30). The Balaban J connectivity index is 1.53. The van der Waals surface area contributed by atoms with E-state index < -0.39 is 0 Å². The van der Waals surface area contributed by atoms with Gasteiger partial charge in [0.1, 0.15) is 5.82 Å². The molecule has 9 heteroatoms. The fourth-order valence-electron chi connectivity index (χ4n) is 3.81. The van der Waals surface area contributed by atoms with Crippen LogP contribution in [0.25, 0.3) is 11.4 Å². The Labute approximate surface area is 189 Å². The van der Waals surface area contributed by atoms with Gasteiger partial charge >= 0.3 is 0 Å². The number of carbonyl (C=O) groups is 2. The lowest BCUT2D eigenvalue weighted by molar-refractivity contribution is -0.120. The predicted molar refractivity (Wildman–Crippen MR) is 122 cm³/mol. The zero-order valence-electron chi connectivity index (χ0n) is 17.2. The normalized spacial score (nSPS) is 14.4. The van der Waals surface area contributed by atoms with Crippen molar-refractivity contribution >= 4 is 40.4 Å². The number of benzene rings is 1. The van der Waals surface area contributed by atoms with Crippen LogP contribution in [0.1, 0.15) is 49.4 Å². The summed E-state index contributed by atoms with van der Waals surface area (Å²) in [5, 5.41) is 17.0. The number of halogens is 1. The molecule has 2 N–H and O–H groups in total. The SMILES string of the molecule is CC(=O)NC(CC(=O)Nc1ccc(Cl)c(-c2nnc3n2CCCCC3)c1)c1cccs1. The third-order valence-corrected chi connectivity index (χ3v) is 6.57. The summed E-state index contributed by atoms with van der Waals surface area (Å²) in [6.45, 7) is 2.31. The Morgan fingerprint density at radius 3 is 2.87 bits per heavy atom. The highest BCUT2D eigenvalue weighted by Gasteiger charge is 2.20. The zero-order chi connectivity index (χ0) is 21.8. The molecule has 162 valence electrons. The minimum Gasteiger partial charge on any atom is -0.348 e. The molecule has 1 atom stereocenters. The molecule has 0 saturated carbocycles. The average molecular weight is 458 g/mol. The molecule has 1 aliphatic rings. The van der Waals surface area contributed by atoms with Crippen LogP contribution in [0, 0.1) is 0 Å². The van der Waals surface area contributed by atoms with Crippen LogP contribution in [0.5, 0.6) is 0 Å². The Morgan fingerprint density at radius 2 is 2.10 bits per heavy atom. The summed E-state index contributed by atoms with van der Waals surface area (Å²) >= 11 is 7.99. The van der Waals surface area contributed by atoms with Crippen molar-refractivity contribution in [3.05, 3.63) is 51.4 Å². The summed E-state index contributed by atoms with van der Waals surface area (Å²) in [6, 6.07) is 8.81. The molecule has 0 spiro atoms. The summed E-state index contributed by atoms with van der Waals surface area (Å²) in [5.41, 5.74) is 1.37. The van der Waals surface area contributed by atoms with Crippen LogP contribution in [0.2, 0.25) is 5.02 Å². The molecule has 0 bridgehead atoms. The molecule has 0 aliphatic carbocycles. The Kier molecular flexibility index (Phi) is 6.67. The molecule has 3 aromatic rings. The van der Waals surface area contributed by atoms with Crippen molar-refractivity contribution in [2.75, 3.05) is 5.32 Å². The first-order chi connectivity index (χ1) is 15.0. The fraction of sp³-hybridized carbons (Fsp3) is 0.364. The molecule has 7 nitrogen and oxygen atoms in total. The van der Waals surface area contributed by atoms with Crippen molar-refractivity contribution in [2.24, 2.45) is 0 Å². The van der Waals surface area contributed by atoms with Gasteiger partial charge in [-0.2, -0.15) is 0 Å². The predicted octanol–water partition coefficient (Wildman–Crippen LogP) is 4.59.